The number of halogens is 1. The van der Waals surface area contributed by atoms with Gasteiger partial charge in [-0.15, -0.1) is 0 Å². The van der Waals surface area contributed by atoms with Gasteiger partial charge in [-0.1, -0.05) is 12.1 Å². The van der Waals surface area contributed by atoms with Crippen LogP contribution < -0.4 is 16.0 Å². The second-order valence-electron chi connectivity index (χ2n) is 7.71. The van der Waals surface area contributed by atoms with Crippen molar-refractivity contribution in [2.75, 3.05) is 31.7 Å². The van der Waals surface area contributed by atoms with E-state index in [2.05, 4.69) is 16.0 Å². The molecule has 9 heteroatoms. The third-order valence-corrected chi connectivity index (χ3v) is 5.59. The van der Waals surface area contributed by atoms with E-state index < -0.39 is 18.0 Å². The maximum Gasteiger partial charge on any atom is 0.319 e. The summed E-state index contributed by atoms with van der Waals surface area (Å²) in [6.45, 7) is 1.52. The number of anilines is 1. The molecule has 0 unspecified atom stereocenters. The summed E-state index contributed by atoms with van der Waals surface area (Å²) in [7, 11) is 0. The highest BCUT2D eigenvalue weighted by molar-refractivity contribution is 5.89. The number of carbonyl (C=O) groups is 2. The Morgan fingerprint density at radius 2 is 1.90 bits per heavy atom. The maximum atomic E-state index is 13.7. The van der Waals surface area contributed by atoms with Crippen LogP contribution in [-0.4, -0.2) is 61.7 Å². The molecule has 166 valence electrons. The molecule has 1 aromatic rings. The van der Waals surface area contributed by atoms with E-state index in [9.17, 15) is 19.1 Å². The number of amides is 3. The molecule has 2 heterocycles. The summed E-state index contributed by atoms with van der Waals surface area (Å²) in [6, 6.07) is 4.98. The van der Waals surface area contributed by atoms with Crippen molar-refractivity contribution < 1.29 is 28.6 Å². The van der Waals surface area contributed by atoms with E-state index in [0.29, 0.717) is 39.0 Å². The first-order valence-corrected chi connectivity index (χ1v) is 10.5. The highest BCUT2D eigenvalue weighted by Gasteiger charge is 2.32. The monoisotopic (exact) mass is 423 g/mol. The number of benzene rings is 1. The number of carbonyl (C=O) groups excluding carboxylic acids is 2. The van der Waals surface area contributed by atoms with Crippen molar-refractivity contribution in [1.29, 1.82) is 0 Å². The van der Waals surface area contributed by atoms with Crippen LogP contribution in [0.25, 0.3) is 0 Å². The Morgan fingerprint density at radius 3 is 2.63 bits per heavy atom. The molecule has 3 atom stereocenters. The van der Waals surface area contributed by atoms with Crippen LogP contribution in [0, 0.1) is 11.7 Å². The van der Waals surface area contributed by atoms with Crippen LogP contribution in [0.15, 0.2) is 24.3 Å². The zero-order valence-electron chi connectivity index (χ0n) is 16.9. The van der Waals surface area contributed by atoms with Crippen molar-refractivity contribution >= 4 is 17.6 Å². The molecule has 0 bridgehead atoms. The number of nitrogens with one attached hydrogen (secondary N) is 3. The number of rotatable bonds is 7. The third kappa shape index (κ3) is 6.38. The third-order valence-electron chi connectivity index (χ3n) is 5.59. The molecule has 3 amide bonds. The fourth-order valence-corrected chi connectivity index (χ4v) is 3.86. The zero-order chi connectivity index (χ0) is 21.3. The van der Waals surface area contributed by atoms with Gasteiger partial charge in [0, 0.05) is 25.7 Å². The molecule has 0 radical (unpaired) electrons. The van der Waals surface area contributed by atoms with E-state index in [-0.39, 0.29) is 36.3 Å². The van der Waals surface area contributed by atoms with Crippen molar-refractivity contribution in [2.45, 2.75) is 50.4 Å². The molecule has 2 aliphatic rings. The highest BCUT2D eigenvalue weighted by Crippen LogP contribution is 2.22. The Morgan fingerprint density at radius 1 is 1.13 bits per heavy atom. The first-order chi connectivity index (χ1) is 14.6. The largest absolute Gasteiger partial charge is 0.394 e. The summed E-state index contributed by atoms with van der Waals surface area (Å²) < 4.78 is 24.9. The molecule has 2 aliphatic heterocycles. The molecule has 3 rings (SSSR count). The van der Waals surface area contributed by atoms with Crippen LogP contribution in [0.4, 0.5) is 14.9 Å². The highest BCUT2D eigenvalue weighted by atomic mass is 19.1. The summed E-state index contributed by atoms with van der Waals surface area (Å²) in [5.74, 6) is -0.455. The number of hydrogen-bond donors (Lipinski definition) is 4. The van der Waals surface area contributed by atoms with Crippen LogP contribution >= 0.6 is 0 Å². The van der Waals surface area contributed by atoms with Crippen LogP contribution in [0.3, 0.4) is 0 Å². The lowest BCUT2D eigenvalue weighted by molar-refractivity contribution is -0.128. The van der Waals surface area contributed by atoms with Crippen LogP contribution in [0.1, 0.15) is 32.1 Å². The SMILES string of the molecule is O=C(Nc1ccccc1F)N[C@H]1CC[C@H](CCNC(=O)C2CCOCC2)O[C@@H]1CO. The number of hydrogen-bond acceptors (Lipinski definition) is 5. The van der Waals surface area contributed by atoms with Gasteiger partial charge >= 0.3 is 6.03 Å². The van der Waals surface area contributed by atoms with E-state index in [1.165, 1.54) is 12.1 Å². The molecule has 30 heavy (non-hydrogen) atoms. The summed E-state index contributed by atoms with van der Waals surface area (Å²) >= 11 is 0. The number of aliphatic hydroxyl groups excluding tert-OH is 1. The van der Waals surface area contributed by atoms with Crippen molar-refractivity contribution in [3.8, 4) is 0 Å². The number of urea groups is 1. The fourth-order valence-electron chi connectivity index (χ4n) is 3.86. The van der Waals surface area contributed by atoms with Gasteiger partial charge in [0.15, 0.2) is 0 Å². The van der Waals surface area contributed by atoms with E-state index in [4.69, 9.17) is 9.47 Å². The van der Waals surface area contributed by atoms with Crippen molar-refractivity contribution in [1.82, 2.24) is 10.6 Å². The lowest BCUT2D eigenvalue weighted by Crippen LogP contribution is -2.52. The van der Waals surface area contributed by atoms with Gasteiger partial charge in [-0.25, -0.2) is 9.18 Å². The normalized spacial score (nSPS) is 24.8. The number of ether oxygens (including phenoxy) is 2. The minimum atomic E-state index is -0.554. The van der Waals surface area contributed by atoms with E-state index in [0.717, 1.165) is 12.8 Å². The summed E-state index contributed by atoms with van der Waals surface area (Å²) in [6.07, 6.45) is 2.79. The molecule has 2 fully saturated rings. The van der Waals surface area contributed by atoms with Crippen molar-refractivity contribution in [2.24, 2.45) is 5.92 Å². The molecule has 4 N–H and O–H groups in total. The lowest BCUT2D eigenvalue weighted by Gasteiger charge is -2.36. The van der Waals surface area contributed by atoms with E-state index in [1.807, 2.05) is 0 Å². The Hall–Kier alpha value is -2.23. The van der Waals surface area contributed by atoms with Crippen molar-refractivity contribution in [3.05, 3.63) is 30.1 Å². The smallest absolute Gasteiger partial charge is 0.319 e. The molecule has 0 saturated carbocycles. The van der Waals surface area contributed by atoms with Gasteiger partial charge in [0.1, 0.15) is 11.9 Å². The van der Waals surface area contributed by atoms with Crippen LogP contribution in [0.2, 0.25) is 0 Å². The standard InChI is InChI=1S/C21H30FN3O5/c22-16-3-1-2-4-17(16)24-21(28)25-18-6-5-15(30-19(18)13-26)7-10-23-20(27)14-8-11-29-12-9-14/h1-4,14-15,18-19,26H,5-13H2,(H,23,27)(H2,24,25,28)/t15-,18+,19-/m1/s1. The lowest BCUT2D eigenvalue weighted by atomic mass is 9.96. The van der Waals surface area contributed by atoms with Crippen molar-refractivity contribution in [3.63, 3.8) is 0 Å². The van der Waals surface area contributed by atoms with E-state index in [1.54, 1.807) is 12.1 Å². The quantitative estimate of drug-likeness (QED) is 0.535. The molecule has 0 aromatic heterocycles. The summed E-state index contributed by atoms with van der Waals surface area (Å²) in [4.78, 5) is 24.4. The first kappa shape index (κ1) is 22.5. The molecule has 2 saturated heterocycles. The van der Waals surface area contributed by atoms with Gasteiger partial charge in [-0.3, -0.25) is 4.79 Å². The van der Waals surface area contributed by atoms with E-state index >= 15 is 0 Å². The predicted molar refractivity (Wildman–Crippen MR) is 108 cm³/mol. The molecular weight excluding hydrogens is 393 g/mol. The second kappa shape index (κ2) is 11.2. The predicted octanol–water partition coefficient (Wildman–Crippen LogP) is 1.79. The topological polar surface area (TPSA) is 109 Å². The molecule has 0 aliphatic carbocycles. The van der Waals surface area contributed by atoms with Gasteiger partial charge in [0.05, 0.1) is 24.4 Å². The Labute approximate surface area is 175 Å². The second-order valence-corrected chi connectivity index (χ2v) is 7.71. The Kier molecular flexibility index (Phi) is 8.41. The first-order valence-electron chi connectivity index (χ1n) is 10.5. The molecule has 1 aromatic carbocycles. The minimum absolute atomic E-state index is 0.0118. The maximum absolute atomic E-state index is 13.7. The average Bonchev–Trinajstić information content (AvgIpc) is 2.76. The van der Waals surface area contributed by atoms with Gasteiger partial charge in [-0.2, -0.15) is 0 Å². The minimum Gasteiger partial charge on any atom is -0.394 e. The Bertz CT molecular complexity index is 714. The summed E-state index contributed by atoms with van der Waals surface area (Å²) in [5.41, 5.74) is 0.0884. The molecule has 0 spiro atoms. The Balaban J connectivity index is 1.40. The van der Waals surface area contributed by atoms with Gasteiger partial charge < -0.3 is 30.5 Å². The molecule has 8 nitrogen and oxygen atoms in total. The average molecular weight is 423 g/mol. The zero-order valence-corrected chi connectivity index (χ0v) is 16.9. The van der Waals surface area contributed by atoms with Crippen LogP contribution in [0.5, 0.6) is 0 Å². The van der Waals surface area contributed by atoms with Gasteiger partial charge in [0.25, 0.3) is 0 Å². The number of aliphatic hydroxyl groups is 1. The van der Waals surface area contributed by atoms with Crippen LogP contribution in [-0.2, 0) is 14.3 Å². The van der Waals surface area contributed by atoms with Gasteiger partial charge in [-0.05, 0) is 44.2 Å². The summed E-state index contributed by atoms with van der Waals surface area (Å²) in [5, 5.41) is 17.9. The number of para-hydroxylation sites is 1. The fraction of sp³-hybridized carbons (Fsp3) is 0.619. The molecular formula is C21H30FN3O5. The van der Waals surface area contributed by atoms with Gasteiger partial charge in [0.2, 0.25) is 5.91 Å².